The number of hydrogen-bond acceptors (Lipinski definition) is 3. The largest absolute Gasteiger partial charge is 0.480 e. The second-order valence-corrected chi connectivity index (χ2v) is 7.16. The van der Waals surface area contributed by atoms with Crippen molar-refractivity contribution in [3.8, 4) is 0 Å². The number of aliphatic carboxylic acids is 1. The van der Waals surface area contributed by atoms with Crippen molar-refractivity contribution in [3.05, 3.63) is 34.9 Å². The maximum absolute atomic E-state index is 11.4. The zero-order valence-electron chi connectivity index (χ0n) is 11.3. The molecular weight excluding hydrogens is 282 g/mol. The molecule has 5 heteroatoms. The summed E-state index contributed by atoms with van der Waals surface area (Å²) in [7, 11) is 0. The molecule has 0 bridgehead atoms. The first-order chi connectivity index (χ1) is 8.82. The lowest BCUT2D eigenvalue weighted by molar-refractivity contribution is -0.144. The summed E-state index contributed by atoms with van der Waals surface area (Å²) in [5.74, 6) is -0.181. The van der Waals surface area contributed by atoms with Gasteiger partial charge in [-0.25, -0.2) is 0 Å². The molecule has 0 aliphatic carbocycles. The number of thioether (sulfide) groups is 1. The zero-order chi connectivity index (χ0) is 14.2. The Morgan fingerprint density at radius 3 is 2.58 bits per heavy atom. The molecule has 0 radical (unpaired) electrons. The average Bonchev–Trinajstić information content (AvgIpc) is 2.73. The number of carbonyl (C=O) groups is 1. The summed E-state index contributed by atoms with van der Waals surface area (Å²) in [5.41, 5.74) is 0.768. The van der Waals surface area contributed by atoms with Crippen LogP contribution >= 0.6 is 23.4 Å². The van der Waals surface area contributed by atoms with E-state index in [0.717, 1.165) is 5.56 Å². The SMILES string of the molecule is CC(C)(C)N1[C@@H](c2ccccc2Cl)SC[C@H]1C(=O)O. The number of carboxylic acids is 1. The van der Waals surface area contributed by atoms with Gasteiger partial charge < -0.3 is 5.11 Å². The molecule has 2 atom stereocenters. The van der Waals surface area contributed by atoms with Gasteiger partial charge in [-0.05, 0) is 32.4 Å². The summed E-state index contributed by atoms with van der Waals surface area (Å²) in [6.45, 7) is 6.12. The van der Waals surface area contributed by atoms with E-state index in [0.29, 0.717) is 10.8 Å². The van der Waals surface area contributed by atoms with Gasteiger partial charge in [0.05, 0.1) is 5.37 Å². The summed E-state index contributed by atoms with van der Waals surface area (Å²) in [4.78, 5) is 13.5. The van der Waals surface area contributed by atoms with E-state index in [9.17, 15) is 9.90 Å². The number of nitrogens with zero attached hydrogens (tertiary/aromatic N) is 1. The second kappa shape index (κ2) is 5.35. The third-order valence-electron chi connectivity index (χ3n) is 3.23. The summed E-state index contributed by atoms with van der Waals surface area (Å²) in [6, 6.07) is 7.19. The molecule has 0 saturated carbocycles. The maximum atomic E-state index is 11.4. The van der Waals surface area contributed by atoms with Crippen LogP contribution in [0.4, 0.5) is 0 Å². The van der Waals surface area contributed by atoms with Gasteiger partial charge in [0, 0.05) is 16.3 Å². The van der Waals surface area contributed by atoms with Gasteiger partial charge in [-0.2, -0.15) is 0 Å². The fraction of sp³-hybridized carbons (Fsp3) is 0.500. The molecule has 1 aliphatic heterocycles. The summed E-state index contributed by atoms with van der Waals surface area (Å²) in [5, 5.41) is 10.1. The zero-order valence-corrected chi connectivity index (χ0v) is 12.8. The van der Waals surface area contributed by atoms with Crippen molar-refractivity contribution >= 4 is 29.3 Å². The van der Waals surface area contributed by atoms with Crippen LogP contribution in [-0.2, 0) is 4.79 Å². The van der Waals surface area contributed by atoms with E-state index < -0.39 is 12.0 Å². The normalized spacial score (nSPS) is 24.6. The fourth-order valence-corrected chi connectivity index (χ4v) is 4.41. The monoisotopic (exact) mass is 299 g/mol. The lowest BCUT2D eigenvalue weighted by Crippen LogP contribution is -2.49. The first-order valence-corrected chi connectivity index (χ1v) is 7.62. The number of halogens is 1. The number of carboxylic acid groups (broad SMARTS) is 1. The first kappa shape index (κ1) is 14.7. The second-order valence-electron chi connectivity index (χ2n) is 5.64. The maximum Gasteiger partial charge on any atom is 0.321 e. The highest BCUT2D eigenvalue weighted by molar-refractivity contribution is 7.99. The molecule has 1 aromatic rings. The highest BCUT2D eigenvalue weighted by Gasteiger charge is 2.45. The van der Waals surface area contributed by atoms with Crippen LogP contribution in [0.25, 0.3) is 0 Å². The van der Waals surface area contributed by atoms with E-state index in [1.165, 1.54) is 0 Å². The Balaban J connectivity index is 2.41. The standard InChI is InChI=1S/C14H18ClNO2S/c1-14(2,3)16-11(13(17)18)8-19-12(16)9-6-4-5-7-10(9)15/h4-7,11-12H,8H2,1-3H3,(H,17,18)/t11-,12+/m0/s1. The van der Waals surface area contributed by atoms with Crippen LogP contribution in [0.5, 0.6) is 0 Å². The molecule has 1 aliphatic rings. The smallest absolute Gasteiger partial charge is 0.321 e. The number of hydrogen-bond donors (Lipinski definition) is 1. The van der Waals surface area contributed by atoms with Crippen molar-refractivity contribution < 1.29 is 9.90 Å². The van der Waals surface area contributed by atoms with Crippen molar-refractivity contribution in [2.45, 2.75) is 37.7 Å². The molecular formula is C14H18ClNO2S. The third-order valence-corrected chi connectivity index (χ3v) is 4.88. The predicted molar refractivity (Wildman–Crippen MR) is 79.7 cm³/mol. The van der Waals surface area contributed by atoms with Gasteiger partial charge in [0.2, 0.25) is 0 Å². The average molecular weight is 300 g/mol. The molecule has 3 nitrogen and oxygen atoms in total. The summed E-state index contributed by atoms with van der Waals surface area (Å²) < 4.78 is 0. The van der Waals surface area contributed by atoms with E-state index in [2.05, 4.69) is 0 Å². The number of benzene rings is 1. The van der Waals surface area contributed by atoms with Crippen LogP contribution in [0.2, 0.25) is 5.02 Å². The Kier molecular flexibility index (Phi) is 4.14. The first-order valence-electron chi connectivity index (χ1n) is 6.19. The summed E-state index contributed by atoms with van der Waals surface area (Å²) in [6.07, 6.45) is 0. The predicted octanol–water partition coefficient (Wildman–Crippen LogP) is 3.64. The molecule has 0 amide bonds. The van der Waals surface area contributed by atoms with Crippen LogP contribution in [0.1, 0.15) is 31.7 Å². The van der Waals surface area contributed by atoms with Gasteiger partial charge in [-0.1, -0.05) is 29.8 Å². The minimum absolute atomic E-state index is 0.00481. The van der Waals surface area contributed by atoms with Crippen LogP contribution < -0.4 is 0 Å². The molecule has 2 rings (SSSR count). The topological polar surface area (TPSA) is 40.5 Å². The van der Waals surface area contributed by atoms with E-state index >= 15 is 0 Å². The fourth-order valence-electron chi connectivity index (χ4n) is 2.43. The van der Waals surface area contributed by atoms with Gasteiger partial charge in [0.25, 0.3) is 0 Å². The lowest BCUT2D eigenvalue weighted by atomic mass is 10.0. The van der Waals surface area contributed by atoms with Crippen LogP contribution in [0.15, 0.2) is 24.3 Å². The van der Waals surface area contributed by atoms with Crippen molar-refractivity contribution in [1.82, 2.24) is 4.90 Å². The Hall–Kier alpha value is -0.710. The molecule has 1 aromatic carbocycles. The van der Waals surface area contributed by atoms with Gasteiger partial charge >= 0.3 is 5.97 Å². The van der Waals surface area contributed by atoms with Gasteiger partial charge in [-0.3, -0.25) is 9.69 Å². The van der Waals surface area contributed by atoms with E-state index in [1.807, 2.05) is 49.9 Å². The third kappa shape index (κ3) is 2.91. The van der Waals surface area contributed by atoms with Crippen molar-refractivity contribution in [3.63, 3.8) is 0 Å². The minimum Gasteiger partial charge on any atom is -0.480 e. The van der Waals surface area contributed by atoms with Gasteiger partial charge in [-0.15, -0.1) is 11.8 Å². The molecule has 1 heterocycles. The molecule has 1 N–H and O–H groups in total. The molecule has 0 aromatic heterocycles. The van der Waals surface area contributed by atoms with E-state index in [-0.39, 0.29) is 10.9 Å². The lowest BCUT2D eigenvalue weighted by Gasteiger charge is -2.39. The molecule has 0 spiro atoms. The Bertz CT molecular complexity index is 487. The highest BCUT2D eigenvalue weighted by atomic mass is 35.5. The quantitative estimate of drug-likeness (QED) is 0.905. The molecule has 1 saturated heterocycles. The Morgan fingerprint density at radius 1 is 1.42 bits per heavy atom. The van der Waals surface area contributed by atoms with Crippen molar-refractivity contribution in [2.75, 3.05) is 5.75 Å². The number of rotatable bonds is 2. The van der Waals surface area contributed by atoms with Crippen molar-refractivity contribution in [2.24, 2.45) is 0 Å². The molecule has 1 fully saturated rings. The minimum atomic E-state index is -0.767. The van der Waals surface area contributed by atoms with Crippen LogP contribution in [0, 0.1) is 0 Å². The van der Waals surface area contributed by atoms with Gasteiger partial charge in [0.1, 0.15) is 6.04 Å². The summed E-state index contributed by atoms with van der Waals surface area (Å²) >= 11 is 7.90. The van der Waals surface area contributed by atoms with Crippen molar-refractivity contribution in [1.29, 1.82) is 0 Å². The van der Waals surface area contributed by atoms with Gasteiger partial charge in [0.15, 0.2) is 0 Å². The molecule has 0 unspecified atom stereocenters. The van der Waals surface area contributed by atoms with Crippen LogP contribution in [-0.4, -0.2) is 33.3 Å². The van der Waals surface area contributed by atoms with E-state index in [4.69, 9.17) is 11.6 Å². The Morgan fingerprint density at radius 2 is 2.05 bits per heavy atom. The Labute approximate surface area is 122 Å². The molecule has 19 heavy (non-hydrogen) atoms. The van der Waals surface area contributed by atoms with Crippen LogP contribution in [0.3, 0.4) is 0 Å². The van der Waals surface area contributed by atoms with E-state index in [1.54, 1.807) is 11.8 Å². The molecule has 104 valence electrons. The highest BCUT2D eigenvalue weighted by Crippen LogP contribution is 2.47.